The number of benzene rings is 1. The van der Waals surface area contributed by atoms with Gasteiger partial charge in [-0.25, -0.2) is 9.07 Å². The van der Waals surface area contributed by atoms with Crippen molar-refractivity contribution in [3.05, 3.63) is 47.3 Å². The van der Waals surface area contributed by atoms with Gasteiger partial charge in [-0.15, -0.1) is 12.4 Å². The van der Waals surface area contributed by atoms with Crippen LogP contribution in [0.3, 0.4) is 0 Å². The molecule has 2 heterocycles. The summed E-state index contributed by atoms with van der Waals surface area (Å²) in [5.41, 5.74) is 8.99. The van der Waals surface area contributed by atoms with Gasteiger partial charge in [-0.1, -0.05) is 5.16 Å². The molecule has 3 aromatic rings. The van der Waals surface area contributed by atoms with E-state index in [4.69, 9.17) is 10.3 Å². The minimum atomic E-state index is -0.462. The summed E-state index contributed by atoms with van der Waals surface area (Å²) >= 11 is 0. The maximum Gasteiger partial charge on any atom is 0.261 e. The van der Waals surface area contributed by atoms with Crippen molar-refractivity contribution in [2.75, 3.05) is 0 Å². The van der Waals surface area contributed by atoms with E-state index in [-0.39, 0.29) is 18.2 Å². The molecule has 0 saturated heterocycles. The molecule has 1 fully saturated rings. The maximum atomic E-state index is 13.1. The lowest BCUT2D eigenvalue weighted by Crippen LogP contribution is -2.44. The zero-order chi connectivity index (χ0) is 16.9. The highest BCUT2D eigenvalue weighted by Gasteiger charge is 2.39. The molecule has 0 spiro atoms. The van der Waals surface area contributed by atoms with Crippen molar-refractivity contribution in [2.24, 2.45) is 5.73 Å². The average molecular weight is 364 g/mol. The third-order valence-corrected chi connectivity index (χ3v) is 4.69. The summed E-state index contributed by atoms with van der Waals surface area (Å²) in [5, 5.41) is 8.59. The van der Waals surface area contributed by atoms with Crippen LogP contribution in [0, 0.1) is 19.7 Å². The van der Waals surface area contributed by atoms with Crippen LogP contribution in [0.25, 0.3) is 17.1 Å². The molecule has 1 aromatic carbocycles. The van der Waals surface area contributed by atoms with Crippen LogP contribution in [0.4, 0.5) is 4.39 Å². The topological polar surface area (TPSA) is 82.8 Å². The summed E-state index contributed by atoms with van der Waals surface area (Å²) in [6.45, 7) is 3.80. The van der Waals surface area contributed by atoms with Crippen molar-refractivity contribution in [3.63, 3.8) is 0 Å². The Morgan fingerprint density at radius 3 is 2.48 bits per heavy atom. The van der Waals surface area contributed by atoms with Crippen LogP contribution in [0.1, 0.15) is 36.5 Å². The highest BCUT2D eigenvalue weighted by Crippen LogP contribution is 2.38. The van der Waals surface area contributed by atoms with E-state index in [0.717, 1.165) is 41.9 Å². The van der Waals surface area contributed by atoms with Gasteiger partial charge in [-0.05, 0) is 57.4 Å². The van der Waals surface area contributed by atoms with Crippen molar-refractivity contribution < 1.29 is 8.91 Å². The molecule has 0 atom stereocenters. The van der Waals surface area contributed by atoms with Gasteiger partial charge >= 0.3 is 0 Å². The van der Waals surface area contributed by atoms with Crippen LogP contribution in [0.2, 0.25) is 0 Å². The van der Waals surface area contributed by atoms with E-state index in [2.05, 4.69) is 15.2 Å². The summed E-state index contributed by atoms with van der Waals surface area (Å²) in [7, 11) is 0. The van der Waals surface area contributed by atoms with Gasteiger partial charge in [0.2, 0.25) is 0 Å². The first-order valence-corrected chi connectivity index (χ1v) is 7.93. The van der Waals surface area contributed by atoms with Gasteiger partial charge in [0.05, 0.1) is 28.2 Å². The minimum absolute atomic E-state index is 0. The molecule has 0 aliphatic heterocycles. The normalized spacial score (nSPS) is 15.5. The van der Waals surface area contributed by atoms with Crippen molar-refractivity contribution in [2.45, 2.75) is 38.6 Å². The second-order valence-electron chi connectivity index (χ2n) is 6.37. The second-order valence-corrected chi connectivity index (χ2v) is 6.37. The first kappa shape index (κ1) is 17.6. The molecule has 132 valence electrons. The number of hydrogen-bond acceptors (Lipinski definition) is 5. The number of aryl methyl sites for hydroxylation is 1. The minimum Gasteiger partial charge on any atom is -0.334 e. The van der Waals surface area contributed by atoms with E-state index < -0.39 is 5.54 Å². The number of rotatable bonds is 3. The van der Waals surface area contributed by atoms with Crippen LogP contribution in [-0.4, -0.2) is 19.9 Å². The molecule has 1 aliphatic carbocycles. The SMILES string of the molecule is Cc1nn(-c2ccc(F)cc2)c(C)c1-c1nc(C2(N)CCC2)no1.Cl. The standard InChI is InChI=1S/C17H18FN5O.ClH/c1-10-14(15-20-16(22-24-15)17(19)8-3-9-17)11(2)23(21-10)13-6-4-12(18)5-7-13;/h4-7H,3,8-9,19H2,1-2H3;1H. The van der Waals surface area contributed by atoms with Crippen molar-refractivity contribution in [1.82, 2.24) is 19.9 Å². The Morgan fingerprint density at radius 2 is 1.88 bits per heavy atom. The quantitative estimate of drug-likeness (QED) is 0.770. The molecule has 6 nitrogen and oxygen atoms in total. The van der Waals surface area contributed by atoms with E-state index in [1.165, 1.54) is 12.1 Å². The highest BCUT2D eigenvalue weighted by atomic mass is 35.5. The molecule has 25 heavy (non-hydrogen) atoms. The van der Waals surface area contributed by atoms with Gasteiger partial charge in [-0.2, -0.15) is 10.1 Å². The molecule has 0 unspecified atom stereocenters. The summed E-state index contributed by atoms with van der Waals surface area (Å²) in [6.07, 6.45) is 2.83. The van der Waals surface area contributed by atoms with Gasteiger partial charge in [0.15, 0.2) is 5.82 Å². The number of halogens is 2. The van der Waals surface area contributed by atoms with Gasteiger partial charge < -0.3 is 10.3 Å². The molecule has 1 aliphatic rings. The number of aromatic nitrogens is 4. The van der Waals surface area contributed by atoms with Crippen LogP contribution in [0.15, 0.2) is 28.8 Å². The van der Waals surface area contributed by atoms with E-state index >= 15 is 0 Å². The zero-order valence-electron chi connectivity index (χ0n) is 14.0. The first-order valence-electron chi connectivity index (χ1n) is 7.93. The fourth-order valence-corrected chi connectivity index (χ4v) is 3.09. The van der Waals surface area contributed by atoms with Gasteiger partial charge in [0.25, 0.3) is 5.89 Å². The lowest BCUT2D eigenvalue weighted by molar-refractivity contribution is 0.229. The average Bonchev–Trinajstić information content (AvgIpc) is 3.11. The fraction of sp³-hybridized carbons (Fsp3) is 0.353. The van der Waals surface area contributed by atoms with E-state index in [1.54, 1.807) is 16.8 Å². The third-order valence-electron chi connectivity index (χ3n) is 4.69. The fourth-order valence-electron chi connectivity index (χ4n) is 3.09. The molecule has 8 heteroatoms. The highest BCUT2D eigenvalue weighted by molar-refractivity contribution is 5.85. The first-order chi connectivity index (χ1) is 11.5. The molecule has 1 saturated carbocycles. The van der Waals surface area contributed by atoms with Gasteiger partial charge in [0.1, 0.15) is 5.82 Å². The van der Waals surface area contributed by atoms with Crippen LogP contribution < -0.4 is 5.73 Å². The number of hydrogen-bond donors (Lipinski definition) is 1. The molecule has 0 amide bonds. The lowest BCUT2D eigenvalue weighted by Gasteiger charge is -2.34. The van der Waals surface area contributed by atoms with Crippen molar-refractivity contribution >= 4 is 12.4 Å². The number of nitrogens with zero attached hydrogens (tertiary/aromatic N) is 4. The summed E-state index contributed by atoms with van der Waals surface area (Å²) < 4.78 is 20.3. The predicted molar refractivity (Wildman–Crippen MR) is 93.3 cm³/mol. The maximum absolute atomic E-state index is 13.1. The number of nitrogens with two attached hydrogens (primary N) is 1. The molecule has 2 aromatic heterocycles. The molecule has 0 radical (unpaired) electrons. The van der Waals surface area contributed by atoms with Gasteiger partial charge in [-0.3, -0.25) is 0 Å². The Labute approximate surface area is 150 Å². The van der Waals surface area contributed by atoms with Crippen LogP contribution in [-0.2, 0) is 5.54 Å². The largest absolute Gasteiger partial charge is 0.334 e. The Bertz CT molecular complexity index is 898. The molecule has 0 bridgehead atoms. The van der Waals surface area contributed by atoms with Gasteiger partial charge in [0, 0.05) is 0 Å². The Balaban J connectivity index is 0.00000182. The monoisotopic (exact) mass is 363 g/mol. The van der Waals surface area contributed by atoms with Crippen LogP contribution in [0.5, 0.6) is 0 Å². The van der Waals surface area contributed by atoms with E-state index in [1.807, 2.05) is 13.8 Å². The summed E-state index contributed by atoms with van der Waals surface area (Å²) in [6, 6.07) is 6.18. The molecular weight excluding hydrogens is 345 g/mol. The van der Waals surface area contributed by atoms with Crippen molar-refractivity contribution in [3.8, 4) is 17.1 Å². The van der Waals surface area contributed by atoms with E-state index in [0.29, 0.717) is 11.7 Å². The smallest absolute Gasteiger partial charge is 0.261 e. The lowest BCUT2D eigenvalue weighted by atomic mass is 9.77. The van der Waals surface area contributed by atoms with Crippen LogP contribution >= 0.6 is 12.4 Å². The predicted octanol–water partition coefficient (Wildman–Crippen LogP) is 3.44. The molecule has 2 N–H and O–H groups in total. The Kier molecular flexibility index (Phi) is 4.38. The summed E-state index contributed by atoms with van der Waals surface area (Å²) in [4.78, 5) is 4.50. The summed E-state index contributed by atoms with van der Waals surface area (Å²) in [5.74, 6) is 0.693. The van der Waals surface area contributed by atoms with Crippen molar-refractivity contribution in [1.29, 1.82) is 0 Å². The zero-order valence-corrected chi connectivity index (χ0v) is 14.8. The Morgan fingerprint density at radius 1 is 1.20 bits per heavy atom. The third kappa shape index (κ3) is 2.83. The van der Waals surface area contributed by atoms with E-state index in [9.17, 15) is 4.39 Å². The second kappa shape index (κ2) is 6.24. The molecule has 4 rings (SSSR count). The molecular formula is C17H19ClFN5O. The Hall–Kier alpha value is -2.25.